The summed E-state index contributed by atoms with van der Waals surface area (Å²) in [6.07, 6.45) is -4.50. The number of alkyl halides is 3. The highest BCUT2D eigenvalue weighted by Crippen LogP contribution is 2.33. The summed E-state index contributed by atoms with van der Waals surface area (Å²) in [4.78, 5) is 25.3. The molecule has 0 aromatic heterocycles. The number of amides is 2. The van der Waals surface area contributed by atoms with Gasteiger partial charge in [0.05, 0.1) is 15.4 Å². The van der Waals surface area contributed by atoms with Gasteiger partial charge in [-0.15, -0.1) is 0 Å². The van der Waals surface area contributed by atoms with Crippen molar-refractivity contribution in [1.29, 1.82) is 0 Å². The number of carbonyl (C=O) groups is 2. The first-order chi connectivity index (χ1) is 23.7. The Bertz CT molecular complexity index is 2130. The first-order valence-electron chi connectivity index (χ1n) is 15.6. The van der Waals surface area contributed by atoms with Gasteiger partial charge >= 0.3 is 6.18 Å². The molecule has 4 aromatic rings. The topological polar surface area (TPSA) is 126 Å². The molecule has 2 amide bonds. The minimum atomic E-state index is -4.50. The van der Waals surface area contributed by atoms with Gasteiger partial charge < -0.3 is 10.6 Å². The van der Waals surface area contributed by atoms with Crippen molar-refractivity contribution in [2.75, 3.05) is 10.6 Å². The molecule has 0 saturated carbocycles. The van der Waals surface area contributed by atoms with Crippen LogP contribution in [0.2, 0.25) is 10.0 Å². The second-order valence-corrected chi connectivity index (χ2v) is 19.6. The molecule has 0 bridgehead atoms. The molecule has 15 heteroatoms. The lowest BCUT2D eigenvalue weighted by molar-refractivity contribution is -0.137. The smallest absolute Gasteiger partial charge is 0.325 e. The van der Waals surface area contributed by atoms with E-state index < -0.39 is 52.7 Å². The average Bonchev–Trinajstić information content (AvgIpc) is 3.05. The van der Waals surface area contributed by atoms with E-state index in [-0.39, 0.29) is 20.9 Å². The van der Waals surface area contributed by atoms with E-state index in [1.54, 1.807) is 6.07 Å². The lowest BCUT2D eigenvalue weighted by atomic mass is 9.85. The molecule has 0 unspecified atom stereocenters. The molecular weight excluding hydrogens is 760 g/mol. The van der Waals surface area contributed by atoms with E-state index in [4.69, 9.17) is 23.2 Å². The summed E-state index contributed by atoms with van der Waals surface area (Å²) in [5, 5.41) is 5.92. The van der Waals surface area contributed by atoms with Gasteiger partial charge in [-0.1, -0.05) is 62.2 Å². The lowest BCUT2D eigenvalue weighted by Gasteiger charge is -2.27. The SMILES string of the molecule is CC(C)(C(=O)Nc1ccc(C(F)(F)F)cc1)S(=O)(=O)c1ccc(Cl)cc1.CC(C)(C)c1ccccc1NC(=O)C(C)(C)S(=O)(=O)c1ccc(Cl)cc1. The summed E-state index contributed by atoms with van der Waals surface area (Å²) in [5.74, 6) is -1.45. The molecule has 0 saturated heterocycles. The van der Waals surface area contributed by atoms with E-state index in [9.17, 15) is 39.6 Å². The maximum atomic E-state index is 13.0. The molecule has 4 aromatic carbocycles. The highest BCUT2D eigenvalue weighted by Gasteiger charge is 2.44. The van der Waals surface area contributed by atoms with Gasteiger partial charge in [0.1, 0.15) is 9.49 Å². The zero-order chi connectivity index (χ0) is 39.5. The summed E-state index contributed by atoms with van der Waals surface area (Å²) in [6, 6.07) is 22.3. The maximum Gasteiger partial charge on any atom is 0.416 e. The van der Waals surface area contributed by atoms with Crippen LogP contribution in [0.3, 0.4) is 0 Å². The lowest BCUT2D eigenvalue weighted by Crippen LogP contribution is -2.44. The van der Waals surface area contributed by atoms with Crippen molar-refractivity contribution >= 4 is 66.1 Å². The Morgan fingerprint density at radius 2 is 0.942 bits per heavy atom. The molecular formula is C37H39Cl2F3N2O6S2. The number of para-hydroxylation sites is 1. The van der Waals surface area contributed by atoms with Gasteiger partial charge in [0.2, 0.25) is 11.8 Å². The van der Waals surface area contributed by atoms with Crippen molar-refractivity contribution < 1.29 is 39.6 Å². The quantitative estimate of drug-likeness (QED) is 0.183. The molecule has 4 rings (SSSR count). The zero-order valence-corrected chi connectivity index (χ0v) is 32.5. The van der Waals surface area contributed by atoms with Crippen molar-refractivity contribution in [1.82, 2.24) is 0 Å². The molecule has 0 spiro atoms. The van der Waals surface area contributed by atoms with Gasteiger partial charge in [-0.3, -0.25) is 9.59 Å². The van der Waals surface area contributed by atoms with Gasteiger partial charge in [-0.05, 0) is 118 Å². The molecule has 0 aliphatic heterocycles. The number of rotatable bonds is 8. The average molecular weight is 800 g/mol. The second kappa shape index (κ2) is 15.6. The van der Waals surface area contributed by atoms with Crippen LogP contribution in [0.25, 0.3) is 0 Å². The summed E-state index contributed by atoms with van der Waals surface area (Å²) in [5.41, 5.74) is 0.548. The van der Waals surface area contributed by atoms with Gasteiger partial charge in [0.15, 0.2) is 19.7 Å². The van der Waals surface area contributed by atoms with Gasteiger partial charge in [-0.2, -0.15) is 13.2 Å². The predicted molar refractivity (Wildman–Crippen MR) is 199 cm³/mol. The number of sulfone groups is 2. The van der Waals surface area contributed by atoms with E-state index >= 15 is 0 Å². The minimum absolute atomic E-state index is 0.0578. The predicted octanol–water partition coefficient (Wildman–Crippen LogP) is 9.38. The molecule has 0 atom stereocenters. The second-order valence-electron chi connectivity index (χ2n) is 13.7. The summed E-state index contributed by atoms with van der Waals surface area (Å²) in [6.45, 7) is 11.4. The Morgan fingerprint density at radius 1 is 0.558 bits per heavy atom. The number of anilines is 2. The van der Waals surface area contributed by atoms with Crippen LogP contribution in [0.15, 0.2) is 107 Å². The van der Waals surface area contributed by atoms with Crippen molar-refractivity contribution in [2.24, 2.45) is 0 Å². The first kappa shape index (κ1) is 42.5. The number of hydrogen-bond donors (Lipinski definition) is 2. The number of halogens is 5. The van der Waals surface area contributed by atoms with Crippen LogP contribution in [0.5, 0.6) is 0 Å². The van der Waals surface area contributed by atoms with E-state index in [2.05, 4.69) is 10.6 Å². The van der Waals surface area contributed by atoms with Crippen molar-refractivity contribution in [3.05, 3.63) is 118 Å². The van der Waals surface area contributed by atoms with E-state index in [1.807, 2.05) is 39.0 Å². The molecule has 0 fully saturated rings. The highest BCUT2D eigenvalue weighted by molar-refractivity contribution is 7.94. The third-order valence-electron chi connectivity index (χ3n) is 8.14. The van der Waals surface area contributed by atoms with Crippen LogP contribution in [0.4, 0.5) is 24.5 Å². The summed E-state index contributed by atoms with van der Waals surface area (Å²) < 4.78 is 85.6. The molecule has 0 aliphatic carbocycles. The minimum Gasteiger partial charge on any atom is -0.325 e. The molecule has 8 nitrogen and oxygen atoms in total. The third-order valence-corrected chi connectivity index (χ3v) is 13.5. The van der Waals surface area contributed by atoms with Gasteiger partial charge in [0, 0.05) is 21.4 Å². The third kappa shape index (κ3) is 9.54. The molecule has 0 heterocycles. The van der Waals surface area contributed by atoms with Crippen LogP contribution in [0.1, 0.15) is 59.6 Å². The Hall–Kier alpha value is -3.91. The van der Waals surface area contributed by atoms with Crippen LogP contribution in [-0.4, -0.2) is 38.1 Å². The molecule has 0 aliphatic rings. The molecule has 2 N–H and O–H groups in total. The van der Waals surface area contributed by atoms with Crippen LogP contribution < -0.4 is 10.6 Å². The number of hydrogen-bond acceptors (Lipinski definition) is 6. The van der Waals surface area contributed by atoms with Crippen LogP contribution >= 0.6 is 23.2 Å². The van der Waals surface area contributed by atoms with Crippen molar-refractivity contribution in [2.45, 2.75) is 79.3 Å². The largest absolute Gasteiger partial charge is 0.416 e. The fourth-order valence-corrected chi connectivity index (χ4v) is 7.61. The zero-order valence-electron chi connectivity index (χ0n) is 29.4. The number of carbonyl (C=O) groups excluding carboxylic acids is 2. The van der Waals surface area contributed by atoms with Crippen LogP contribution in [-0.2, 0) is 40.9 Å². The van der Waals surface area contributed by atoms with E-state index in [0.717, 1.165) is 29.8 Å². The first-order valence-corrected chi connectivity index (χ1v) is 19.4. The fourth-order valence-electron chi connectivity index (χ4n) is 4.60. The molecule has 280 valence electrons. The summed E-state index contributed by atoms with van der Waals surface area (Å²) >= 11 is 11.6. The van der Waals surface area contributed by atoms with Gasteiger partial charge in [0.25, 0.3) is 0 Å². The molecule has 52 heavy (non-hydrogen) atoms. The number of nitrogens with one attached hydrogen (secondary N) is 2. The van der Waals surface area contributed by atoms with E-state index in [1.165, 1.54) is 76.2 Å². The molecule has 0 radical (unpaired) electrons. The Balaban J connectivity index is 0.000000280. The van der Waals surface area contributed by atoms with Crippen molar-refractivity contribution in [3.63, 3.8) is 0 Å². The fraction of sp³-hybridized carbons (Fsp3) is 0.297. The maximum absolute atomic E-state index is 13.0. The standard InChI is InChI=1S/C20H24ClNO3S.C17H15ClF3NO3S/c1-19(2,3)16-8-6-7-9-17(16)22-18(23)20(4,5)26(24,25)15-12-10-14(21)11-13-15;1-16(2,26(24,25)14-9-5-12(18)6-10-14)15(23)22-13-7-3-11(4-8-13)17(19,20)21/h6-13H,1-5H3,(H,22,23);3-10H,1-2H3,(H,22,23). The number of benzene rings is 4. The van der Waals surface area contributed by atoms with E-state index in [0.29, 0.717) is 15.7 Å². The Kier molecular flexibility index (Phi) is 12.7. The Labute approximate surface area is 312 Å². The highest BCUT2D eigenvalue weighted by atomic mass is 35.5. The van der Waals surface area contributed by atoms with Crippen LogP contribution in [0, 0.1) is 0 Å². The summed E-state index contributed by atoms with van der Waals surface area (Å²) in [7, 11) is -7.95. The van der Waals surface area contributed by atoms with Crippen molar-refractivity contribution in [3.8, 4) is 0 Å². The Morgan fingerprint density at radius 3 is 1.33 bits per heavy atom. The normalized spacial score (nSPS) is 12.7. The monoisotopic (exact) mass is 798 g/mol. The van der Waals surface area contributed by atoms with Gasteiger partial charge in [-0.25, -0.2) is 16.8 Å².